The monoisotopic (exact) mass is 346 g/mol. The summed E-state index contributed by atoms with van der Waals surface area (Å²) in [6.45, 7) is 6.72. The minimum Gasteiger partial charge on any atom is -0.494 e. The lowest BCUT2D eigenvalue weighted by atomic mass is 9.97. The molecule has 1 saturated carbocycles. The van der Waals surface area contributed by atoms with E-state index in [-0.39, 0.29) is 17.7 Å². The summed E-state index contributed by atoms with van der Waals surface area (Å²) in [5.41, 5.74) is 2.15. The van der Waals surface area contributed by atoms with Crippen molar-refractivity contribution in [1.29, 1.82) is 0 Å². The number of carbonyl (C=O) groups is 2. The molecule has 0 aliphatic heterocycles. The van der Waals surface area contributed by atoms with Gasteiger partial charge in [0.15, 0.2) is 0 Å². The summed E-state index contributed by atoms with van der Waals surface area (Å²) in [5, 5.41) is 5.82. The number of ether oxygens (including phenoxy) is 1. The van der Waals surface area contributed by atoms with Gasteiger partial charge < -0.3 is 15.4 Å². The normalized spacial score (nSPS) is 15.6. The lowest BCUT2D eigenvalue weighted by Gasteiger charge is -2.23. The van der Waals surface area contributed by atoms with Crippen molar-refractivity contribution in [1.82, 2.24) is 10.6 Å². The molecule has 2 amide bonds. The Morgan fingerprint density at radius 1 is 1.28 bits per heavy atom. The van der Waals surface area contributed by atoms with E-state index in [1.165, 1.54) is 6.92 Å². The van der Waals surface area contributed by atoms with Crippen LogP contribution in [0.5, 0.6) is 5.75 Å². The number of rotatable bonds is 8. The van der Waals surface area contributed by atoms with Gasteiger partial charge in [-0.2, -0.15) is 0 Å². The molecular formula is C20H30N2O3. The molecule has 5 nitrogen and oxygen atoms in total. The Kier molecular flexibility index (Phi) is 7.29. The summed E-state index contributed by atoms with van der Waals surface area (Å²) >= 11 is 0. The zero-order valence-electron chi connectivity index (χ0n) is 15.6. The summed E-state index contributed by atoms with van der Waals surface area (Å²) in [6, 6.07) is 5.50. The predicted octanol–water partition coefficient (Wildman–Crippen LogP) is 3.09. The fourth-order valence-electron chi connectivity index (χ4n) is 3.38. The lowest BCUT2D eigenvalue weighted by Crippen LogP contribution is -2.49. The number of benzene rings is 1. The van der Waals surface area contributed by atoms with Gasteiger partial charge in [-0.15, -0.1) is 0 Å². The Balaban J connectivity index is 1.95. The molecule has 0 aromatic heterocycles. The maximum atomic E-state index is 12.6. The fraction of sp³-hybridized carbons (Fsp3) is 0.600. The Morgan fingerprint density at radius 2 is 2.00 bits per heavy atom. The van der Waals surface area contributed by atoms with Crippen molar-refractivity contribution in [3.63, 3.8) is 0 Å². The third-order valence-corrected chi connectivity index (χ3v) is 4.75. The van der Waals surface area contributed by atoms with E-state index in [1.807, 2.05) is 25.1 Å². The average Bonchev–Trinajstić information content (AvgIpc) is 3.10. The zero-order valence-corrected chi connectivity index (χ0v) is 15.6. The van der Waals surface area contributed by atoms with E-state index < -0.39 is 6.04 Å². The van der Waals surface area contributed by atoms with Gasteiger partial charge in [-0.25, -0.2) is 0 Å². The highest BCUT2D eigenvalue weighted by molar-refractivity contribution is 5.87. The molecule has 2 rings (SSSR count). The van der Waals surface area contributed by atoms with Gasteiger partial charge in [-0.1, -0.05) is 25.8 Å². The SMILES string of the molecule is CCCOc1ccc(CNC(=O)[C@@H](NC(C)=O)C2CCCC2)c(C)c1. The molecule has 1 aliphatic carbocycles. The fourth-order valence-corrected chi connectivity index (χ4v) is 3.38. The second kappa shape index (κ2) is 9.44. The first kappa shape index (κ1) is 19.3. The Labute approximate surface area is 150 Å². The molecule has 1 atom stereocenters. The van der Waals surface area contributed by atoms with Crippen LogP contribution in [0.2, 0.25) is 0 Å². The van der Waals surface area contributed by atoms with Gasteiger partial charge in [0.25, 0.3) is 0 Å². The van der Waals surface area contributed by atoms with Crippen LogP contribution in [0, 0.1) is 12.8 Å². The first-order chi connectivity index (χ1) is 12.0. The molecule has 0 heterocycles. The zero-order chi connectivity index (χ0) is 18.2. The van der Waals surface area contributed by atoms with E-state index in [0.29, 0.717) is 13.2 Å². The summed E-state index contributed by atoms with van der Waals surface area (Å²) in [4.78, 5) is 24.1. The number of carbonyl (C=O) groups excluding carboxylic acids is 2. The highest BCUT2D eigenvalue weighted by Crippen LogP contribution is 2.28. The van der Waals surface area contributed by atoms with Gasteiger partial charge in [0.05, 0.1) is 6.61 Å². The summed E-state index contributed by atoms with van der Waals surface area (Å²) < 4.78 is 5.63. The minimum absolute atomic E-state index is 0.0900. The van der Waals surface area contributed by atoms with Crippen molar-refractivity contribution in [3.8, 4) is 5.75 Å². The molecule has 25 heavy (non-hydrogen) atoms. The van der Waals surface area contributed by atoms with Crippen molar-refractivity contribution in [2.75, 3.05) is 6.61 Å². The predicted molar refractivity (Wildman–Crippen MR) is 98.4 cm³/mol. The van der Waals surface area contributed by atoms with Crippen LogP contribution in [-0.4, -0.2) is 24.5 Å². The van der Waals surface area contributed by atoms with Crippen LogP contribution in [0.15, 0.2) is 18.2 Å². The first-order valence-electron chi connectivity index (χ1n) is 9.28. The highest BCUT2D eigenvalue weighted by atomic mass is 16.5. The number of hydrogen-bond acceptors (Lipinski definition) is 3. The second-order valence-corrected chi connectivity index (χ2v) is 6.88. The summed E-state index contributed by atoms with van der Waals surface area (Å²) in [5.74, 6) is 0.861. The van der Waals surface area contributed by atoms with E-state index in [4.69, 9.17) is 4.74 Å². The maximum Gasteiger partial charge on any atom is 0.243 e. The first-order valence-corrected chi connectivity index (χ1v) is 9.28. The molecule has 0 saturated heterocycles. The van der Waals surface area contributed by atoms with E-state index in [1.54, 1.807) is 0 Å². The van der Waals surface area contributed by atoms with Gasteiger partial charge in [-0.05, 0) is 55.4 Å². The molecular weight excluding hydrogens is 316 g/mol. The van der Waals surface area contributed by atoms with Crippen molar-refractivity contribution < 1.29 is 14.3 Å². The van der Waals surface area contributed by atoms with Crippen molar-refractivity contribution in [2.24, 2.45) is 5.92 Å². The topological polar surface area (TPSA) is 67.4 Å². The average molecular weight is 346 g/mol. The van der Waals surface area contributed by atoms with Crippen LogP contribution < -0.4 is 15.4 Å². The van der Waals surface area contributed by atoms with E-state index in [9.17, 15) is 9.59 Å². The summed E-state index contributed by atoms with van der Waals surface area (Å²) in [7, 11) is 0. The third kappa shape index (κ3) is 5.76. The molecule has 1 fully saturated rings. The van der Waals surface area contributed by atoms with Crippen molar-refractivity contribution in [3.05, 3.63) is 29.3 Å². The molecule has 0 radical (unpaired) electrons. The molecule has 0 spiro atoms. The van der Waals surface area contributed by atoms with Gasteiger partial charge in [0.1, 0.15) is 11.8 Å². The Hall–Kier alpha value is -2.04. The molecule has 2 N–H and O–H groups in total. The second-order valence-electron chi connectivity index (χ2n) is 6.88. The molecule has 1 aliphatic rings. The number of nitrogens with one attached hydrogen (secondary N) is 2. The van der Waals surface area contributed by atoms with Gasteiger partial charge in [0, 0.05) is 13.5 Å². The van der Waals surface area contributed by atoms with Crippen molar-refractivity contribution in [2.45, 2.75) is 65.5 Å². The quantitative estimate of drug-likeness (QED) is 0.760. The van der Waals surface area contributed by atoms with E-state index >= 15 is 0 Å². The van der Waals surface area contributed by atoms with Crippen LogP contribution in [0.1, 0.15) is 57.1 Å². The number of amides is 2. The Bertz CT molecular complexity index is 595. The molecule has 1 aromatic carbocycles. The Morgan fingerprint density at radius 3 is 2.60 bits per heavy atom. The highest BCUT2D eigenvalue weighted by Gasteiger charge is 2.31. The van der Waals surface area contributed by atoms with Crippen molar-refractivity contribution >= 4 is 11.8 Å². The molecule has 138 valence electrons. The van der Waals surface area contributed by atoms with Crippen LogP contribution in [0.25, 0.3) is 0 Å². The largest absolute Gasteiger partial charge is 0.494 e. The van der Waals surface area contributed by atoms with Crippen LogP contribution in [0.4, 0.5) is 0 Å². The van der Waals surface area contributed by atoms with Crippen LogP contribution in [0.3, 0.4) is 0 Å². The lowest BCUT2D eigenvalue weighted by molar-refractivity contribution is -0.129. The number of hydrogen-bond donors (Lipinski definition) is 2. The van der Waals surface area contributed by atoms with Gasteiger partial charge in [0.2, 0.25) is 11.8 Å². The molecule has 0 unspecified atom stereocenters. The van der Waals surface area contributed by atoms with E-state index in [2.05, 4.69) is 17.6 Å². The maximum absolute atomic E-state index is 12.6. The van der Waals surface area contributed by atoms with Gasteiger partial charge in [-0.3, -0.25) is 9.59 Å². The minimum atomic E-state index is -0.424. The van der Waals surface area contributed by atoms with E-state index in [0.717, 1.165) is 49.0 Å². The third-order valence-electron chi connectivity index (χ3n) is 4.75. The summed E-state index contributed by atoms with van der Waals surface area (Å²) in [6.07, 6.45) is 5.24. The smallest absolute Gasteiger partial charge is 0.243 e. The molecule has 0 bridgehead atoms. The van der Waals surface area contributed by atoms with Crippen LogP contribution in [-0.2, 0) is 16.1 Å². The number of aryl methyl sites for hydroxylation is 1. The standard InChI is InChI=1S/C20H30N2O3/c1-4-11-25-18-10-9-17(14(2)12-18)13-21-20(24)19(22-15(3)23)16-7-5-6-8-16/h9-10,12,16,19H,4-8,11,13H2,1-3H3,(H,21,24)(H,22,23)/t19-/m0/s1. The molecule has 1 aromatic rings. The molecule has 5 heteroatoms. The van der Waals surface area contributed by atoms with Crippen LogP contribution >= 0.6 is 0 Å². The van der Waals surface area contributed by atoms with Gasteiger partial charge >= 0.3 is 0 Å².